The van der Waals surface area contributed by atoms with E-state index in [1.165, 1.54) is 29.3 Å². The number of nitrogens with zero attached hydrogens (tertiary/aromatic N) is 3. The number of carbonyl (C=O) groups excluding carboxylic acids is 1. The highest BCUT2D eigenvalue weighted by atomic mass is 32.2. The van der Waals surface area contributed by atoms with E-state index in [2.05, 4.69) is 70.6 Å². The fraction of sp³-hybridized carbons (Fsp3) is 0.257. The highest BCUT2D eigenvalue weighted by Gasteiger charge is 2.36. The number of ketones is 1. The number of hydrogen-bond acceptors (Lipinski definition) is 8. The minimum absolute atomic E-state index is 0.131. The van der Waals surface area contributed by atoms with Gasteiger partial charge in [0.15, 0.2) is 16.7 Å². The van der Waals surface area contributed by atoms with E-state index < -0.39 is 11.2 Å². The van der Waals surface area contributed by atoms with Crippen molar-refractivity contribution in [2.75, 3.05) is 11.9 Å². The average Bonchev–Trinajstić information content (AvgIpc) is 3.45. The van der Waals surface area contributed by atoms with E-state index in [4.69, 9.17) is 0 Å². The van der Waals surface area contributed by atoms with Crippen molar-refractivity contribution in [1.82, 2.24) is 20.3 Å². The van der Waals surface area contributed by atoms with Crippen molar-refractivity contribution in [2.45, 2.75) is 60.6 Å². The molecule has 6 nitrogen and oxygen atoms in total. The maximum Gasteiger partial charge on any atom is 0.189 e. The number of anilines is 2. The Morgan fingerprint density at radius 2 is 1.57 bits per heavy atom. The number of nitrogens with one attached hydrogen (secondary N) is 2. The number of carbonyl (C=O) groups is 1. The normalized spacial score (nSPS) is 11.8. The first-order valence-electron chi connectivity index (χ1n) is 14.5. The zero-order valence-corrected chi connectivity index (χ0v) is 26.9. The standard InChI is InChI=1S/C35H36FN5OS2/c1-24-16-19-37-29(21-24)41-33-39-22-30(44-33)43-28-17-20-38-32(31(28)36)27(42)15-18-35(23-40-34(2,3)4,25-11-7-5-8-12-25)26-13-9-6-10-14-26/h5-14,16-17,19-22,40H,15,18,23H2,1-4H3,(H,37,39,41). The molecule has 0 bridgehead atoms. The average molecular weight is 626 g/mol. The number of pyridine rings is 2. The largest absolute Gasteiger partial charge is 0.316 e. The van der Waals surface area contributed by atoms with Crippen molar-refractivity contribution in [3.05, 3.63) is 126 Å². The van der Waals surface area contributed by atoms with Crippen LogP contribution >= 0.6 is 23.1 Å². The van der Waals surface area contributed by atoms with E-state index in [1.54, 1.807) is 18.5 Å². The van der Waals surface area contributed by atoms with Crippen LogP contribution in [0.15, 0.2) is 107 Å². The van der Waals surface area contributed by atoms with Gasteiger partial charge in [0, 0.05) is 36.3 Å². The first kappa shape index (κ1) is 31.5. The van der Waals surface area contributed by atoms with Crippen LogP contribution < -0.4 is 10.6 Å². The van der Waals surface area contributed by atoms with E-state index >= 15 is 4.39 Å². The van der Waals surface area contributed by atoms with Crippen LogP contribution in [0, 0.1) is 12.7 Å². The molecule has 0 atom stereocenters. The molecule has 0 aliphatic carbocycles. The summed E-state index contributed by atoms with van der Waals surface area (Å²) in [6.45, 7) is 8.99. The third-order valence-corrected chi connectivity index (χ3v) is 9.36. The molecule has 0 spiro atoms. The molecule has 0 saturated heterocycles. The van der Waals surface area contributed by atoms with Gasteiger partial charge in [0.2, 0.25) is 0 Å². The number of Topliss-reactive ketones (excluding diaryl/α,β-unsaturated/α-hetero) is 1. The molecule has 44 heavy (non-hydrogen) atoms. The smallest absolute Gasteiger partial charge is 0.189 e. The molecule has 3 heterocycles. The lowest BCUT2D eigenvalue weighted by Crippen LogP contribution is -2.47. The number of benzene rings is 2. The van der Waals surface area contributed by atoms with Crippen LogP contribution in [0.4, 0.5) is 15.3 Å². The summed E-state index contributed by atoms with van der Waals surface area (Å²) in [7, 11) is 0. The Morgan fingerprint density at radius 3 is 2.20 bits per heavy atom. The van der Waals surface area contributed by atoms with Crippen LogP contribution in [0.2, 0.25) is 0 Å². The van der Waals surface area contributed by atoms with E-state index in [0.717, 1.165) is 20.9 Å². The lowest BCUT2D eigenvalue weighted by molar-refractivity contribution is 0.0962. The maximum atomic E-state index is 15.8. The van der Waals surface area contributed by atoms with Gasteiger partial charge in [-0.2, -0.15) is 0 Å². The quantitative estimate of drug-likeness (QED) is 0.134. The first-order chi connectivity index (χ1) is 21.1. The van der Waals surface area contributed by atoms with Crippen LogP contribution in [-0.4, -0.2) is 32.8 Å². The molecule has 5 rings (SSSR count). The number of halogens is 1. The highest BCUT2D eigenvalue weighted by Crippen LogP contribution is 2.39. The van der Waals surface area contributed by atoms with Gasteiger partial charge in [0.25, 0.3) is 0 Å². The molecule has 2 N–H and O–H groups in total. The molecule has 3 aromatic heterocycles. The summed E-state index contributed by atoms with van der Waals surface area (Å²) in [6.07, 6.45) is 5.53. The van der Waals surface area contributed by atoms with Crippen molar-refractivity contribution in [3.8, 4) is 0 Å². The zero-order valence-electron chi connectivity index (χ0n) is 25.3. The van der Waals surface area contributed by atoms with Crippen LogP contribution in [0.3, 0.4) is 0 Å². The van der Waals surface area contributed by atoms with Crippen molar-refractivity contribution < 1.29 is 9.18 Å². The van der Waals surface area contributed by atoms with E-state index in [0.29, 0.717) is 28.8 Å². The van der Waals surface area contributed by atoms with Crippen molar-refractivity contribution >= 4 is 39.8 Å². The lowest BCUT2D eigenvalue weighted by atomic mass is 9.70. The van der Waals surface area contributed by atoms with Crippen molar-refractivity contribution in [1.29, 1.82) is 0 Å². The molecular weight excluding hydrogens is 590 g/mol. The van der Waals surface area contributed by atoms with Gasteiger partial charge in [-0.25, -0.2) is 19.3 Å². The van der Waals surface area contributed by atoms with E-state index in [-0.39, 0.29) is 23.4 Å². The molecule has 0 amide bonds. The van der Waals surface area contributed by atoms with Crippen molar-refractivity contribution in [3.63, 3.8) is 0 Å². The van der Waals surface area contributed by atoms with Gasteiger partial charge in [0.05, 0.1) is 15.3 Å². The Morgan fingerprint density at radius 1 is 0.909 bits per heavy atom. The molecule has 9 heteroatoms. The van der Waals surface area contributed by atoms with Gasteiger partial charge in [0.1, 0.15) is 11.5 Å². The Hall–Kier alpha value is -3.92. The predicted octanol–water partition coefficient (Wildman–Crippen LogP) is 8.61. The lowest BCUT2D eigenvalue weighted by Gasteiger charge is -2.38. The fourth-order valence-electron chi connectivity index (χ4n) is 5.01. The number of aromatic nitrogens is 3. The van der Waals surface area contributed by atoms with Crippen LogP contribution in [-0.2, 0) is 5.41 Å². The molecule has 0 unspecified atom stereocenters. The SMILES string of the molecule is Cc1ccnc(Nc2ncc(Sc3ccnc(C(=O)CCC(CNC(C)(C)C)(c4ccccc4)c4ccccc4)c3F)s2)c1. The summed E-state index contributed by atoms with van der Waals surface area (Å²) in [5, 5.41) is 7.51. The molecule has 5 aromatic rings. The fourth-order valence-corrected chi connectivity index (χ4v) is 6.88. The third-order valence-electron chi connectivity index (χ3n) is 7.32. The molecule has 226 valence electrons. The molecule has 0 aliphatic heterocycles. The monoisotopic (exact) mass is 625 g/mol. The number of rotatable bonds is 12. The van der Waals surface area contributed by atoms with Gasteiger partial charge >= 0.3 is 0 Å². The van der Waals surface area contributed by atoms with E-state index in [9.17, 15) is 4.79 Å². The summed E-state index contributed by atoms with van der Waals surface area (Å²) >= 11 is 2.62. The number of hydrogen-bond donors (Lipinski definition) is 2. The Balaban J connectivity index is 1.37. The van der Waals surface area contributed by atoms with Gasteiger partial charge in [-0.3, -0.25) is 4.79 Å². The minimum Gasteiger partial charge on any atom is -0.316 e. The molecule has 0 fully saturated rings. The van der Waals surface area contributed by atoms with Crippen LogP contribution in [0.1, 0.15) is 60.8 Å². The highest BCUT2D eigenvalue weighted by molar-refractivity contribution is 8.01. The minimum atomic E-state index is -0.608. The summed E-state index contributed by atoms with van der Waals surface area (Å²) in [5.41, 5.74) is 2.50. The second kappa shape index (κ2) is 13.8. The maximum absolute atomic E-state index is 15.8. The molecule has 0 saturated carbocycles. The molecular formula is C35H36FN5OS2. The first-order valence-corrected chi connectivity index (χ1v) is 16.1. The van der Waals surface area contributed by atoms with Gasteiger partial charge in [-0.15, -0.1) is 0 Å². The Labute approximate surface area is 266 Å². The molecule has 0 radical (unpaired) electrons. The summed E-state index contributed by atoms with van der Waals surface area (Å²) in [6, 6.07) is 25.9. The van der Waals surface area contributed by atoms with Crippen LogP contribution in [0.5, 0.6) is 0 Å². The van der Waals surface area contributed by atoms with E-state index in [1.807, 2.05) is 55.5 Å². The second-order valence-electron chi connectivity index (χ2n) is 11.7. The van der Waals surface area contributed by atoms with Crippen molar-refractivity contribution in [2.24, 2.45) is 0 Å². The van der Waals surface area contributed by atoms with Crippen LogP contribution in [0.25, 0.3) is 0 Å². The van der Waals surface area contributed by atoms with Gasteiger partial charge in [-0.1, -0.05) is 83.8 Å². The van der Waals surface area contributed by atoms with Gasteiger partial charge < -0.3 is 10.6 Å². The zero-order chi connectivity index (χ0) is 31.2. The Bertz CT molecular complexity index is 1660. The topological polar surface area (TPSA) is 79.8 Å². The molecule has 2 aromatic carbocycles. The predicted molar refractivity (Wildman–Crippen MR) is 178 cm³/mol. The number of aryl methyl sites for hydroxylation is 1. The second-order valence-corrected chi connectivity index (χ2v) is 14.1. The summed E-state index contributed by atoms with van der Waals surface area (Å²) < 4.78 is 16.6. The summed E-state index contributed by atoms with van der Waals surface area (Å²) in [4.78, 5) is 26.9. The Kier molecular flexibility index (Phi) is 9.88. The third kappa shape index (κ3) is 7.77. The molecule has 0 aliphatic rings. The summed E-state index contributed by atoms with van der Waals surface area (Å²) in [5.74, 6) is -0.239. The van der Waals surface area contributed by atoms with Gasteiger partial charge in [-0.05, 0) is 69.0 Å². The number of thiazole rings is 1.